The molecule has 132 valence electrons. The highest BCUT2D eigenvalue weighted by Crippen LogP contribution is 2.52. The molecule has 1 amide bonds. The SMILES string of the molecule is CC(C)COC(=O)[C@H]1[C@H]2C(=O)N(Cc3ccccc3)C[C@@]23C=C[C@H]1O3. The summed E-state index contributed by atoms with van der Waals surface area (Å²) in [7, 11) is 0. The lowest BCUT2D eigenvalue weighted by atomic mass is 9.77. The Labute approximate surface area is 147 Å². The predicted molar refractivity (Wildman–Crippen MR) is 91.4 cm³/mol. The van der Waals surface area contributed by atoms with Gasteiger partial charge in [0.2, 0.25) is 5.91 Å². The van der Waals surface area contributed by atoms with Crippen LogP contribution in [0.1, 0.15) is 19.4 Å². The van der Waals surface area contributed by atoms with E-state index in [-0.39, 0.29) is 23.9 Å². The molecule has 2 saturated heterocycles. The van der Waals surface area contributed by atoms with Crippen LogP contribution in [-0.2, 0) is 25.6 Å². The molecule has 0 aromatic heterocycles. The van der Waals surface area contributed by atoms with E-state index in [1.54, 1.807) is 4.90 Å². The van der Waals surface area contributed by atoms with Gasteiger partial charge in [-0.1, -0.05) is 56.3 Å². The van der Waals surface area contributed by atoms with E-state index in [4.69, 9.17) is 9.47 Å². The first-order valence-electron chi connectivity index (χ1n) is 8.87. The Morgan fingerprint density at radius 2 is 2.12 bits per heavy atom. The molecule has 0 aliphatic carbocycles. The van der Waals surface area contributed by atoms with Crippen molar-refractivity contribution < 1.29 is 19.1 Å². The van der Waals surface area contributed by atoms with Gasteiger partial charge in [-0.05, 0) is 11.5 Å². The average Bonchev–Trinajstić information content (AvgIpc) is 3.22. The minimum atomic E-state index is -0.669. The molecule has 4 atom stereocenters. The zero-order chi connectivity index (χ0) is 17.6. The molecule has 2 fully saturated rings. The van der Waals surface area contributed by atoms with E-state index in [0.29, 0.717) is 19.7 Å². The van der Waals surface area contributed by atoms with E-state index in [1.807, 2.05) is 56.3 Å². The van der Waals surface area contributed by atoms with Gasteiger partial charge in [0.05, 0.1) is 25.2 Å². The zero-order valence-corrected chi connectivity index (χ0v) is 14.6. The molecule has 3 aliphatic heterocycles. The van der Waals surface area contributed by atoms with Crippen LogP contribution in [0.3, 0.4) is 0 Å². The lowest BCUT2D eigenvalue weighted by Crippen LogP contribution is -2.40. The fourth-order valence-electron chi connectivity index (χ4n) is 4.13. The number of benzene rings is 1. The van der Waals surface area contributed by atoms with Crippen molar-refractivity contribution in [2.24, 2.45) is 17.8 Å². The molecule has 3 aliphatic rings. The number of nitrogens with zero attached hydrogens (tertiary/aromatic N) is 1. The molecule has 0 N–H and O–H groups in total. The summed E-state index contributed by atoms with van der Waals surface area (Å²) in [5.74, 6) is -1.06. The monoisotopic (exact) mass is 341 g/mol. The molecule has 5 heteroatoms. The lowest BCUT2D eigenvalue weighted by Gasteiger charge is -2.23. The molecule has 0 unspecified atom stereocenters. The Balaban J connectivity index is 1.54. The van der Waals surface area contributed by atoms with Gasteiger partial charge in [0.15, 0.2) is 0 Å². The Morgan fingerprint density at radius 1 is 1.36 bits per heavy atom. The number of esters is 1. The van der Waals surface area contributed by atoms with Gasteiger partial charge in [-0.3, -0.25) is 9.59 Å². The van der Waals surface area contributed by atoms with Crippen molar-refractivity contribution in [3.63, 3.8) is 0 Å². The first-order chi connectivity index (χ1) is 12.0. The molecule has 1 spiro atoms. The highest BCUT2D eigenvalue weighted by Gasteiger charge is 2.67. The zero-order valence-electron chi connectivity index (χ0n) is 14.6. The Kier molecular flexibility index (Phi) is 3.91. The van der Waals surface area contributed by atoms with E-state index in [0.717, 1.165) is 5.56 Å². The highest BCUT2D eigenvalue weighted by molar-refractivity contribution is 5.91. The normalized spacial score (nSPS) is 32.5. The minimum Gasteiger partial charge on any atom is -0.465 e. The topological polar surface area (TPSA) is 55.8 Å². The smallest absolute Gasteiger partial charge is 0.312 e. The molecular formula is C20H23NO4. The maximum atomic E-state index is 13.0. The maximum absolute atomic E-state index is 13.0. The van der Waals surface area contributed by atoms with Crippen LogP contribution in [0.15, 0.2) is 42.5 Å². The molecule has 3 heterocycles. The summed E-state index contributed by atoms with van der Waals surface area (Å²) in [6.45, 7) is 5.38. The van der Waals surface area contributed by atoms with Crippen LogP contribution >= 0.6 is 0 Å². The summed E-state index contributed by atoms with van der Waals surface area (Å²) in [6.07, 6.45) is 3.54. The van der Waals surface area contributed by atoms with Crippen molar-refractivity contribution in [2.75, 3.05) is 13.2 Å². The highest BCUT2D eigenvalue weighted by atomic mass is 16.6. The molecule has 25 heavy (non-hydrogen) atoms. The fraction of sp³-hybridized carbons (Fsp3) is 0.500. The van der Waals surface area contributed by atoms with E-state index in [2.05, 4.69) is 0 Å². The molecule has 5 nitrogen and oxygen atoms in total. The van der Waals surface area contributed by atoms with Gasteiger partial charge < -0.3 is 14.4 Å². The lowest BCUT2D eigenvalue weighted by molar-refractivity contribution is -0.154. The van der Waals surface area contributed by atoms with Crippen molar-refractivity contribution >= 4 is 11.9 Å². The van der Waals surface area contributed by atoms with E-state index in [9.17, 15) is 9.59 Å². The number of hydrogen-bond acceptors (Lipinski definition) is 4. The first kappa shape index (κ1) is 16.3. The van der Waals surface area contributed by atoms with Gasteiger partial charge in [0.25, 0.3) is 0 Å². The van der Waals surface area contributed by atoms with E-state index < -0.39 is 17.4 Å². The third-order valence-corrected chi connectivity index (χ3v) is 5.23. The number of hydrogen-bond donors (Lipinski definition) is 0. The van der Waals surface area contributed by atoms with Crippen molar-refractivity contribution in [2.45, 2.75) is 32.1 Å². The molecule has 4 rings (SSSR count). The summed E-state index contributed by atoms with van der Waals surface area (Å²) < 4.78 is 11.5. The molecule has 1 aromatic rings. The fourth-order valence-corrected chi connectivity index (χ4v) is 4.13. The van der Waals surface area contributed by atoms with Crippen molar-refractivity contribution in [1.29, 1.82) is 0 Å². The number of rotatable bonds is 5. The molecule has 0 saturated carbocycles. The van der Waals surface area contributed by atoms with Crippen molar-refractivity contribution in [3.05, 3.63) is 48.0 Å². The summed E-state index contributed by atoms with van der Waals surface area (Å²) in [6, 6.07) is 9.88. The van der Waals surface area contributed by atoms with Gasteiger partial charge in [-0.15, -0.1) is 0 Å². The minimum absolute atomic E-state index is 0.0119. The third-order valence-electron chi connectivity index (χ3n) is 5.23. The second kappa shape index (κ2) is 5.99. The number of fused-ring (bicyclic) bond motifs is 1. The molecule has 0 radical (unpaired) electrons. The quantitative estimate of drug-likeness (QED) is 0.608. The predicted octanol–water partition coefficient (Wildman–Crippen LogP) is 2.17. The van der Waals surface area contributed by atoms with Crippen molar-refractivity contribution in [1.82, 2.24) is 4.90 Å². The van der Waals surface area contributed by atoms with Crippen LogP contribution in [0.2, 0.25) is 0 Å². The van der Waals surface area contributed by atoms with Crippen molar-refractivity contribution in [3.8, 4) is 0 Å². The van der Waals surface area contributed by atoms with E-state index >= 15 is 0 Å². The molecule has 1 aromatic carbocycles. The summed E-state index contributed by atoms with van der Waals surface area (Å²) in [5, 5.41) is 0. The van der Waals surface area contributed by atoms with Crippen LogP contribution in [0.5, 0.6) is 0 Å². The van der Waals surface area contributed by atoms with Gasteiger partial charge in [0.1, 0.15) is 11.5 Å². The largest absolute Gasteiger partial charge is 0.465 e. The summed E-state index contributed by atoms with van der Waals surface area (Å²) >= 11 is 0. The summed E-state index contributed by atoms with van der Waals surface area (Å²) in [5.41, 5.74) is 0.405. The second-order valence-corrected chi connectivity index (χ2v) is 7.60. The van der Waals surface area contributed by atoms with Gasteiger partial charge in [0, 0.05) is 6.54 Å². The first-order valence-corrected chi connectivity index (χ1v) is 8.87. The van der Waals surface area contributed by atoms with Gasteiger partial charge >= 0.3 is 5.97 Å². The van der Waals surface area contributed by atoms with Crippen LogP contribution in [0.4, 0.5) is 0 Å². The number of amides is 1. The number of carbonyl (C=O) groups excluding carboxylic acids is 2. The van der Waals surface area contributed by atoms with Gasteiger partial charge in [-0.2, -0.15) is 0 Å². The Morgan fingerprint density at radius 3 is 2.84 bits per heavy atom. The number of carbonyl (C=O) groups is 2. The van der Waals surface area contributed by atoms with Gasteiger partial charge in [-0.25, -0.2) is 0 Å². The van der Waals surface area contributed by atoms with Crippen LogP contribution in [0, 0.1) is 17.8 Å². The van der Waals surface area contributed by atoms with Crippen LogP contribution in [-0.4, -0.2) is 41.6 Å². The maximum Gasteiger partial charge on any atom is 0.312 e. The standard InChI is InChI=1S/C20H23NO4/c1-13(2)11-24-19(23)16-15-8-9-20(25-15)12-21(18(22)17(16)20)10-14-6-4-3-5-7-14/h3-9,13,15-17H,10-12H2,1-2H3/t15-,16-,17+,20+/m1/s1. The molecular weight excluding hydrogens is 318 g/mol. The van der Waals surface area contributed by atoms with Crippen LogP contribution in [0.25, 0.3) is 0 Å². The Hall–Kier alpha value is -2.14. The second-order valence-electron chi connectivity index (χ2n) is 7.60. The number of likely N-dealkylation sites (tertiary alicyclic amines) is 1. The average molecular weight is 341 g/mol. The van der Waals surface area contributed by atoms with Crippen LogP contribution < -0.4 is 0 Å². The number of ether oxygens (including phenoxy) is 2. The third kappa shape index (κ3) is 2.67. The Bertz CT molecular complexity index is 714. The van der Waals surface area contributed by atoms with E-state index in [1.165, 1.54) is 0 Å². The summed E-state index contributed by atoms with van der Waals surface area (Å²) in [4.78, 5) is 27.4. The molecule has 2 bridgehead atoms.